The lowest BCUT2D eigenvalue weighted by Gasteiger charge is -2.22. The molecular formula is C11H15ClN2O3S. The van der Waals surface area contributed by atoms with Gasteiger partial charge in [0.25, 0.3) is 0 Å². The first-order chi connectivity index (χ1) is 8.27. The van der Waals surface area contributed by atoms with Gasteiger partial charge in [0.2, 0.25) is 15.9 Å². The van der Waals surface area contributed by atoms with E-state index < -0.39 is 15.9 Å². The minimum absolute atomic E-state index is 0.109. The molecule has 0 fully saturated rings. The first-order valence-electron chi connectivity index (χ1n) is 5.32. The molecule has 0 heterocycles. The molecule has 0 aromatic heterocycles. The highest BCUT2D eigenvalue weighted by molar-refractivity contribution is 7.92. The van der Waals surface area contributed by atoms with Crippen molar-refractivity contribution in [2.75, 3.05) is 16.6 Å². The lowest BCUT2D eigenvalue weighted by atomic mass is 10.2. The Morgan fingerprint density at radius 3 is 2.50 bits per heavy atom. The predicted molar refractivity (Wildman–Crippen MR) is 72.2 cm³/mol. The maximum Gasteiger partial charge on any atom is 0.238 e. The topological polar surface area (TPSA) is 80.5 Å². The summed E-state index contributed by atoms with van der Waals surface area (Å²) in [6, 6.07) is 4.75. The summed E-state index contributed by atoms with van der Waals surface area (Å²) in [5.41, 5.74) is 6.20. The van der Waals surface area contributed by atoms with Crippen molar-refractivity contribution in [3.05, 3.63) is 28.8 Å². The van der Waals surface area contributed by atoms with E-state index in [9.17, 15) is 13.2 Å². The smallest absolute Gasteiger partial charge is 0.238 e. The number of aryl methyl sites for hydroxylation is 1. The zero-order valence-electron chi connectivity index (χ0n) is 10.2. The average Bonchev–Trinajstić information content (AvgIpc) is 2.29. The van der Waals surface area contributed by atoms with Crippen LogP contribution in [0.1, 0.15) is 12.5 Å². The van der Waals surface area contributed by atoms with Crippen LogP contribution < -0.4 is 10.0 Å². The van der Waals surface area contributed by atoms with Crippen LogP contribution in [-0.2, 0) is 14.8 Å². The third-order valence-electron chi connectivity index (χ3n) is 2.43. The van der Waals surface area contributed by atoms with Gasteiger partial charge in [-0.1, -0.05) is 11.6 Å². The van der Waals surface area contributed by atoms with Crippen LogP contribution in [-0.4, -0.2) is 26.6 Å². The van der Waals surface area contributed by atoms with E-state index in [1.165, 1.54) is 6.92 Å². The van der Waals surface area contributed by atoms with Crippen LogP contribution in [0.4, 0.5) is 5.69 Å². The van der Waals surface area contributed by atoms with E-state index in [1.54, 1.807) is 25.1 Å². The number of rotatable bonds is 5. The largest absolute Gasteiger partial charge is 0.368 e. The minimum Gasteiger partial charge on any atom is -0.368 e. The summed E-state index contributed by atoms with van der Waals surface area (Å²) in [4.78, 5) is 11.0. The number of halogens is 1. The van der Waals surface area contributed by atoms with Gasteiger partial charge in [-0.2, -0.15) is 0 Å². The van der Waals surface area contributed by atoms with Crippen LogP contribution in [0.25, 0.3) is 0 Å². The van der Waals surface area contributed by atoms with E-state index in [4.69, 9.17) is 17.3 Å². The molecule has 0 radical (unpaired) electrons. The van der Waals surface area contributed by atoms with Crippen LogP contribution in [0.5, 0.6) is 0 Å². The van der Waals surface area contributed by atoms with Crippen molar-refractivity contribution in [1.29, 1.82) is 0 Å². The minimum atomic E-state index is -3.55. The third kappa shape index (κ3) is 3.36. The van der Waals surface area contributed by atoms with Crippen LogP contribution >= 0.6 is 11.6 Å². The summed E-state index contributed by atoms with van der Waals surface area (Å²) in [6.07, 6.45) is 0. The molecule has 0 aliphatic carbocycles. The number of nitrogens with zero attached hydrogens (tertiary/aromatic N) is 1. The Hall–Kier alpha value is -1.27. The number of nitrogens with two attached hydrogens (primary N) is 1. The zero-order valence-corrected chi connectivity index (χ0v) is 11.8. The van der Waals surface area contributed by atoms with Crippen LogP contribution in [0.2, 0.25) is 5.02 Å². The maximum atomic E-state index is 11.9. The van der Waals surface area contributed by atoms with Gasteiger partial charge in [0, 0.05) is 5.02 Å². The lowest BCUT2D eigenvalue weighted by molar-refractivity contribution is -0.116. The molecule has 0 aliphatic rings. The molecule has 1 aromatic carbocycles. The summed E-state index contributed by atoms with van der Waals surface area (Å²) in [7, 11) is -3.55. The van der Waals surface area contributed by atoms with Crippen molar-refractivity contribution in [3.8, 4) is 0 Å². The fourth-order valence-corrected chi connectivity index (χ4v) is 2.62. The maximum absolute atomic E-state index is 11.9. The van der Waals surface area contributed by atoms with Gasteiger partial charge < -0.3 is 5.73 Å². The summed E-state index contributed by atoms with van der Waals surface area (Å²) < 4.78 is 24.8. The molecule has 7 heteroatoms. The van der Waals surface area contributed by atoms with Crippen LogP contribution in [0.3, 0.4) is 0 Å². The Bertz CT molecular complexity index is 557. The molecule has 0 saturated heterocycles. The quantitative estimate of drug-likeness (QED) is 0.887. The Morgan fingerprint density at radius 1 is 1.44 bits per heavy atom. The molecule has 0 aliphatic heterocycles. The fraction of sp³-hybridized carbons (Fsp3) is 0.364. The molecule has 1 amide bonds. The Morgan fingerprint density at radius 2 is 2.06 bits per heavy atom. The van der Waals surface area contributed by atoms with Crippen molar-refractivity contribution in [2.24, 2.45) is 5.73 Å². The van der Waals surface area contributed by atoms with E-state index >= 15 is 0 Å². The molecule has 0 atom stereocenters. The number of sulfonamides is 1. The summed E-state index contributed by atoms with van der Waals surface area (Å²) >= 11 is 5.88. The second-order valence-corrected chi connectivity index (χ2v) is 6.40. The number of primary amides is 1. The summed E-state index contributed by atoms with van der Waals surface area (Å²) in [6.45, 7) is 2.89. The van der Waals surface area contributed by atoms with E-state index in [-0.39, 0.29) is 12.3 Å². The highest BCUT2D eigenvalue weighted by atomic mass is 35.5. The van der Waals surface area contributed by atoms with Crippen LogP contribution in [0, 0.1) is 6.92 Å². The molecule has 18 heavy (non-hydrogen) atoms. The van der Waals surface area contributed by atoms with Gasteiger partial charge in [-0.3, -0.25) is 9.10 Å². The molecule has 0 saturated carbocycles. The third-order valence-corrected chi connectivity index (χ3v) is 4.59. The van der Waals surface area contributed by atoms with Gasteiger partial charge in [0.1, 0.15) is 6.54 Å². The SMILES string of the molecule is CCS(=O)(=O)N(CC(N)=O)c1ccc(Cl)c(C)c1. The Balaban J connectivity index is 3.26. The molecule has 2 N–H and O–H groups in total. The molecule has 100 valence electrons. The number of carbonyl (C=O) groups excluding carboxylic acids is 1. The predicted octanol–water partition coefficient (Wildman–Crippen LogP) is 1.29. The standard InChI is InChI=1S/C11H15ClN2O3S/c1-3-18(16,17)14(7-11(13)15)9-4-5-10(12)8(2)6-9/h4-6H,3,7H2,1-2H3,(H2,13,15). The first kappa shape index (κ1) is 14.8. The van der Waals surface area contributed by atoms with Crippen molar-refractivity contribution >= 4 is 33.2 Å². The number of anilines is 1. The van der Waals surface area contributed by atoms with Crippen molar-refractivity contribution in [1.82, 2.24) is 0 Å². The van der Waals surface area contributed by atoms with Crippen molar-refractivity contribution in [2.45, 2.75) is 13.8 Å². The summed E-state index contributed by atoms with van der Waals surface area (Å²) in [5, 5.41) is 0.534. The molecule has 0 bridgehead atoms. The molecular weight excluding hydrogens is 276 g/mol. The van der Waals surface area contributed by atoms with Gasteiger partial charge in [0.05, 0.1) is 11.4 Å². The monoisotopic (exact) mass is 290 g/mol. The molecule has 1 aromatic rings. The van der Waals surface area contributed by atoms with E-state index in [2.05, 4.69) is 0 Å². The second-order valence-electron chi connectivity index (χ2n) is 3.81. The zero-order chi connectivity index (χ0) is 13.9. The number of hydrogen-bond acceptors (Lipinski definition) is 3. The Kier molecular flexibility index (Phi) is 4.59. The number of carbonyl (C=O) groups is 1. The van der Waals surface area contributed by atoms with E-state index in [0.717, 1.165) is 9.87 Å². The van der Waals surface area contributed by atoms with Gasteiger partial charge in [0.15, 0.2) is 0 Å². The first-order valence-corrected chi connectivity index (χ1v) is 7.31. The van der Waals surface area contributed by atoms with Crippen molar-refractivity contribution in [3.63, 3.8) is 0 Å². The molecule has 1 rings (SSSR count). The summed E-state index contributed by atoms with van der Waals surface area (Å²) in [5.74, 6) is -0.818. The highest BCUT2D eigenvalue weighted by Crippen LogP contribution is 2.24. The van der Waals surface area contributed by atoms with E-state index in [1.807, 2.05) is 0 Å². The highest BCUT2D eigenvalue weighted by Gasteiger charge is 2.22. The van der Waals surface area contributed by atoms with Gasteiger partial charge >= 0.3 is 0 Å². The second kappa shape index (κ2) is 5.58. The van der Waals surface area contributed by atoms with E-state index in [0.29, 0.717) is 10.7 Å². The Labute approximate surface area is 112 Å². The number of hydrogen-bond donors (Lipinski definition) is 1. The lowest BCUT2D eigenvalue weighted by Crippen LogP contribution is -2.39. The molecule has 0 spiro atoms. The molecule has 0 unspecified atom stereocenters. The van der Waals surface area contributed by atoms with Crippen molar-refractivity contribution < 1.29 is 13.2 Å². The molecule has 5 nitrogen and oxygen atoms in total. The number of benzene rings is 1. The fourth-order valence-electron chi connectivity index (χ4n) is 1.43. The van der Waals surface area contributed by atoms with Gasteiger partial charge in [-0.05, 0) is 37.6 Å². The van der Waals surface area contributed by atoms with Crippen LogP contribution in [0.15, 0.2) is 18.2 Å². The average molecular weight is 291 g/mol. The normalized spacial score (nSPS) is 11.3. The number of amides is 1. The van der Waals surface area contributed by atoms with Gasteiger partial charge in [-0.15, -0.1) is 0 Å². The van der Waals surface area contributed by atoms with Gasteiger partial charge in [-0.25, -0.2) is 8.42 Å².